The summed E-state index contributed by atoms with van der Waals surface area (Å²) < 4.78 is 0. The Bertz CT molecular complexity index is 269. The van der Waals surface area contributed by atoms with Crippen molar-refractivity contribution in [1.82, 2.24) is 15.5 Å². The van der Waals surface area contributed by atoms with Gasteiger partial charge in [-0.15, -0.1) is 0 Å². The second-order valence-electron chi connectivity index (χ2n) is 5.57. The molecule has 2 aliphatic heterocycles. The normalized spacial score (nSPS) is 34.8. The van der Waals surface area contributed by atoms with Crippen LogP contribution in [0.5, 0.6) is 0 Å². The molecule has 0 aromatic heterocycles. The van der Waals surface area contributed by atoms with E-state index in [-0.39, 0.29) is 11.9 Å². The minimum absolute atomic E-state index is 0.0328. The Morgan fingerprint density at radius 3 is 2.82 bits per heavy atom. The van der Waals surface area contributed by atoms with Gasteiger partial charge in [0.05, 0.1) is 6.04 Å². The fraction of sp³-hybridized carbons (Fsp3) is 0.923. The maximum absolute atomic E-state index is 12.0. The van der Waals surface area contributed by atoms with Crippen molar-refractivity contribution < 1.29 is 4.79 Å². The number of likely N-dealkylation sites (N-methyl/N-ethyl adjacent to an activating group) is 1. The maximum atomic E-state index is 12.0. The van der Waals surface area contributed by atoms with Gasteiger partial charge in [0.25, 0.3) is 0 Å². The van der Waals surface area contributed by atoms with Gasteiger partial charge >= 0.3 is 0 Å². The van der Waals surface area contributed by atoms with Crippen LogP contribution in [0.4, 0.5) is 0 Å². The molecule has 0 aromatic rings. The fourth-order valence-corrected chi connectivity index (χ4v) is 2.92. The third-order valence-corrected chi connectivity index (χ3v) is 4.12. The van der Waals surface area contributed by atoms with Gasteiger partial charge in [-0.25, -0.2) is 0 Å². The number of rotatable bonds is 3. The van der Waals surface area contributed by atoms with Gasteiger partial charge in [-0.1, -0.05) is 0 Å². The standard InChI is InChI=1S/C13H25N3O/c1-10-5-3-7-12(15-10)13(17)14-9-11-6-4-8-16(11)2/h10-12,15H,3-9H2,1-2H3,(H,14,17). The molecule has 2 rings (SSSR count). The number of hydrogen-bond acceptors (Lipinski definition) is 3. The SMILES string of the molecule is CC1CCCC(C(=O)NCC2CCCN2C)N1. The van der Waals surface area contributed by atoms with Crippen molar-refractivity contribution in [1.29, 1.82) is 0 Å². The van der Waals surface area contributed by atoms with Crippen molar-refractivity contribution in [3.8, 4) is 0 Å². The summed E-state index contributed by atoms with van der Waals surface area (Å²) in [5, 5.41) is 6.48. The Balaban J connectivity index is 1.73. The molecule has 0 aromatic carbocycles. The fourth-order valence-electron chi connectivity index (χ4n) is 2.92. The Labute approximate surface area is 104 Å². The zero-order valence-corrected chi connectivity index (χ0v) is 11.0. The number of carbonyl (C=O) groups is 1. The molecule has 2 saturated heterocycles. The van der Waals surface area contributed by atoms with E-state index in [0.717, 1.165) is 19.4 Å². The van der Waals surface area contributed by atoms with E-state index in [1.54, 1.807) is 0 Å². The number of nitrogens with one attached hydrogen (secondary N) is 2. The van der Waals surface area contributed by atoms with E-state index in [2.05, 4.69) is 29.5 Å². The highest BCUT2D eigenvalue weighted by Crippen LogP contribution is 2.15. The molecule has 0 radical (unpaired) electrons. The van der Waals surface area contributed by atoms with Crippen molar-refractivity contribution >= 4 is 5.91 Å². The number of carbonyl (C=O) groups excluding carboxylic acids is 1. The smallest absolute Gasteiger partial charge is 0.237 e. The number of piperidine rings is 1. The van der Waals surface area contributed by atoms with Crippen LogP contribution in [0.3, 0.4) is 0 Å². The minimum Gasteiger partial charge on any atom is -0.353 e. The topological polar surface area (TPSA) is 44.4 Å². The van der Waals surface area contributed by atoms with E-state index in [9.17, 15) is 4.79 Å². The van der Waals surface area contributed by atoms with Gasteiger partial charge in [-0.05, 0) is 52.6 Å². The molecule has 2 fully saturated rings. The monoisotopic (exact) mass is 239 g/mol. The Kier molecular flexibility index (Phi) is 4.40. The predicted molar refractivity (Wildman–Crippen MR) is 68.9 cm³/mol. The lowest BCUT2D eigenvalue weighted by Crippen LogP contribution is -2.51. The van der Waals surface area contributed by atoms with Crippen LogP contribution in [0, 0.1) is 0 Å². The van der Waals surface area contributed by atoms with Crippen LogP contribution in [-0.4, -0.2) is 49.1 Å². The number of nitrogens with zero attached hydrogens (tertiary/aromatic N) is 1. The predicted octanol–water partition coefficient (Wildman–Crippen LogP) is 0.727. The van der Waals surface area contributed by atoms with Crippen LogP contribution < -0.4 is 10.6 Å². The highest BCUT2D eigenvalue weighted by molar-refractivity contribution is 5.81. The van der Waals surface area contributed by atoms with Crippen molar-refractivity contribution in [3.05, 3.63) is 0 Å². The Morgan fingerprint density at radius 2 is 2.18 bits per heavy atom. The molecule has 2 N–H and O–H groups in total. The van der Waals surface area contributed by atoms with Gasteiger partial charge in [0.15, 0.2) is 0 Å². The summed E-state index contributed by atoms with van der Waals surface area (Å²) >= 11 is 0. The first-order chi connectivity index (χ1) is 8.16. The number of amides is 1. The van der Waals surface area contributed by atoms with Crippen molar-refractivity contribution in [2.45, 2.75) is 57.2 Å². The zero-order valence-electron chi connectivity index (χ0n) is 11.0. The molecule has 3 unspecified atom stereocenters. The van der Waals surface area contributed by atoms with Gasteiger partial charge < -0.3 is 15.5 Å². The van der Waals surface area contributed by atoms with E-state index >= 15 is 0 Å². The van der Waals surface area contributed by atoms with Gasteiger partial charge in [0.1, 0.15) is 0 Å². The van der Waals surface area contributed by atoms with Crippen LogP contribution in [0.25, 0.3) is 0 Å². The number of likely N-dealkylation sites (tertiary alicyclic amines) is 1. The lowest BCUT2D eigenvalue weighted by Gasteiger charge is -2.28. The van der Waals surface area contributed by atoms with E-state index in [4.69, 9.17) is 0 Å². The van der Waals surface area contributed by atoms with Crippen molar-refractivity contribution in [3.63, 3.8) is 0 Å². The second-order valence-corrected chi connectivity index (χ2v) is 5.57. The first kappa shape index (κ1) is 12.8. The van der Waals surface area contributed by atoms with E-state index < -0.39 is 0 Å². The molecule has 4 heteroatoms. The third-order valence-electron chi connectivity index (χ3n) is 4.12. The van der Waals surface area contributed by atoms with Crippen LogP contribution in [0.2, 0.25) is 0 Å². The number of hydrogen-bond donors (Lipinski definition) is 2. The largest absolute Gasteiger partial charge is 0.353 e. The molecule has 0 bridgehead atoms. The van der Waals surface area contributed by atoms with Crippen LogP contribution in [0.1, 0.15) is 39.0 Å². The summed E-state index contributed by atoms with van der Waals surface area (Å²) in [6.45, 7) is 4.13. The highest BCUT2D eigenvalue weighted by atomic mass is 16.2. The summed E-state index contributed by atoms with van der Waals surface area (Å²) in [5.74, 6) is 0.192. The van der Waals surface area contributed by atoms with Gasteiger partial charge in [0, 0.05) is 18.6 Å². The minimum atomic E-state index is 0.0328. The van der Waals surface area contributed by atoms with Crippen LogP contribution in [0.15, 0.2) is 0 Å². The molecule has 17 heavy (non-hydrogen) atoms. The molecule has 0 spiro atoms. The molecule has 98 valence electrons. The first-order valence-electron chi connectivity index (χ1n) is 6.91. The molecule has 4 nitrogen and oxygen atoms in total. The van der Waals surface area contributed by atoms with Crippen molar-refractivity contribution in [2.24, 2.45) is 0 Å². The maximum Gasteiger partial charge on any atom is 0.237 e. The average Bonchev–Trinajstić information content (AvgIpc) is 2.72. The molecular formula is C13H25N3O. The third kappa shape index (κ3) is 3.42. The molecule has 3 atom stereocenters. The van der Waals surface area contributed by atoms with Gasteiger partial charge in [0.2, 0.25) is 5.91 Å². The Morgan fingerprint density at radius 1 is 1.35 bits per heavy atom. The van der Waals surface area contributed by atoms with Crippen LogP contribution in [-0.2, 0) is 4.79 Å². The summed E-state index contributed by atoms with van der Waals surface area (Å²) in [6, 6.07) is 1.05. The molecule has 2 aliphatic rings. The summed E-state index contributed by atoms with van der Waals surface area (Å²) in [7, 11) is 2.14. The molecule has 0 aliphatic carbocycles. The summed E-state index contributed by atoms with van der Waals surface area (Å²) in [4.78, 5) is 14.4. The highest BCUT2D eigenvalue weighted by Gasteiger charge is 2.26. The molecule has 1 amide bonds. The quantitative estimate of drug-likeness (QED) is 0.763. The van der Waals surface area contributed by atoms with E-state index in [1.807, 2.05) is 0 Å². The molecule has 0 saturated carbocycles. The lowest BCUT2D eigenvalue weighted by molar-refractivity contribution is -0.124. The second kappa shape index (κ2) is 5.83. The first-order valence-corrected chi connectivity index (χ1v) is 6.91. The average molecular weight is 239 g/mol. The summed E-state index contributed by atoms with van der Waals surface area (Å²) in [6.07, 6.45) is 5.81. The van der Waals surface area contributed by atoms with Gasteiger partial charge in [-0.3, -0.25) is 4.79 Å². The Hall–Kier alpha value is -0.610. The van der Waals surface area contributed by atoms with Gasteiger partial charge in [-0.2, -0.15) is 0 Å². The molecular weight excluding hydrogens is 214 g/mol. The molecule has 2 heterocycles. The lowest BCUT2D eigenvalue weighted by atomic mass is 9.99. The van der Waals surface area contributed by atoms with E-state index in [0.29, 0.717) is 12.1 Å². The van der Waals surface area contributed by atoms with E-state index in [1.165, 1.54) is 25.8 Å². The van der Waals surface area contributed by atoms with Crippen molar-refractivity contribution in [2.75, 3.05) is 20.1 Å². The zero-order chi connectivity index (χ0) is 12.3. The van der Waals surface area contributed by atoms with Crippen LogP contribution >= 0.6 is 0 Å². The summed E-state index contributed by atoms with van der Waals surface area (Å²) in [5.41, 5.74) is 0.